The van der Waals surface area contributed by atoms with Crippen LogP contribution in [0.15, 0.2) is 46.0 Å². The summed E-state index contributed by atoms with van der Waals surface area (Å²) in [6.07, 6.45) is 3.31. The number of sulfonamides is 1. The quantitative estimate of drug-likeness (QED) is 0.856. The number of aryl methyl sites for hydroxylation is 1. The van der Waals surface area contributed by atoms with Crippen molar-refractivity contribution in [1.82, 2.24) is 9.71 Å². The molecule has 0 fully saturated rings. The summed E-state index contributed by atoms with van der Waals surface area (Å²) in [5.74, 6) is 0.113. The Balaban J connectivity index is 2.35. The summed E-state index contributed by atoms with van der Waals surface area (Å²) in [6, 6.07) is 7.22. The molecule has 0 spiro atoms. The Morgan fingerprint density at radius 1 is 1.32 bits per heavy atom. The highest BCUT2D eigenvalue weighted by Gasteiger charge is 2.21. The van der Waals surface area contributed by atoms with Gasteiger partial charge in [-0.3, -0.25) is 4.98 Å². The van der Waals surface area contributed by atoms with Crippen molar-refractivity contribution in [3.05, 3.63) is 57.8 Å². The van der Waals surface area contributed by atoms with Crippen molar-refractivity contribution < 1.29 is 8.42 Å². The van der Waals surface area contributed by atoms with Gasteiger partial charge in [-0.15, -0.1) is 0 Å². The molecule has 0 aliphatic heterocycles. The molecule has 0 radical (unpaired) electrons. The summed E-state index contributed by atoms with van der Waals surface area (Å²) < 4.78 is 28.9. The Kier molecular flexibility index (Phi) is 5.36. The van der Waals surface area contributed by atoms with E-state index >= 15 is 0 Å². The number of nitrogens with one attached hydrogen (secondary N) is 1. The second-order valence-corrected chi connectivity index (χ2v) is 8.07. The van der Waals surface area contributed by atoms with Gasteiger partial charge in [0.25, 0.3) is 0 Å². The largest absolute Gasteiger partial charge is 0.264 e. The van der Waals surface area contributed by atoms with Crippen LogP contribution < -0.4 is 4.72 Å². The van der Waals surface area contributed by atoms with Crippen LogP contribution in [-0.4, -0.2) is 13.4 Å². The van der Waals surface area contributed by atoms with Crippen molar-refractivity contribution in [2.75, 3.05) is 0 Å². The van der Waals surface area contributed by atoms with E-state index in [1.165, 1.54) is 0 Å². The number of hydrogen-bond acceptors (Lipinski definition) is 3. The van der Waals surface area contributed by atoms with Crippen LogP contribution in [0.5, 0.6) is 0 Å². The lowest BCUT2D eigenvalue weighted by molar-refractivity contribution is 0.578. The molecule has 1 N–H and O–H groups in total. The summed E-state index contributed by atoms with van der Waals surface area (Å²) in [4.78, 5) is 4.33. The third kappa shape index (κ3) is 3.94. The maximum atomic E-state index is 12.6. The fourth-order valence-corrected chi connectivity index (χ4v) is 3.92. The molecular formula is C16H19BrN2O2S. The van der Waals surface area contributed by atoms with Crippen LogP contribution in [0.25, 0.3) is 0 Å². The normalized spacial score (nSPS) is 11.9. The van der Waals surface area contributed by atoms with Gasteiger partial charge in [0.2, 0.25) is 10.0 Å². The van der Waals surface area contributed by atoms with E-state index in [1.54, 1.807) is 24.5 Å². The lowest BCUT2D eigenvalue weighted by Crippen LogP contribution is -2.24. The van der Waals surface area contributed by atoms with Crippen LogP contribution in [0.3, 0.4) is 0 Å². The molecule has 1 aromatic heterocycles. The Morgan fingerprint density at radius 2 is 2.05 bits per heavy atom. The third-order valence-electron chi connectivity index (χ3n) is 3.39. The molecule has 1 aromatic carbocycles. The Hall–Kier alpha value is -1.24. The summed E-state index contributed by atoms with van der Waals surface area (Å²) in [7, 11) is -3.57. The average molecular weight is 383 g/mol. The predicted octanol–water partition coefficient (Wildman–Crippen LogP) is 3.75. The van der Waals surface area contributed by atoms with Gasteiger partial charge in [-0.1, -0.05) is 35.8 Å². The molecule has 0 unspecified atom stereocenters. The second kappa shape index (κ2) is 6.89. The molecule has 2 aromatic rings. The number of benzene rings is 1. The van der Waals surface area contributed by atoms with Gasteiger partial charge in [0, 0.05) is 23.4 Å². The van der Waals surface area contributed by atoms with Gasteiger partial charge in [-0.25, -0.2) is 13.1 Å². The lowest BCUT2D eigenvalue weighted by atomic mass is 10.0. The minimum atomic E-state index is -3.57. The van der Waals surface area contributed by atoms with Gasteiger partial charge in [-0.2, -0.15) is 0 Å². The van der Waals surface area contributed by atoms with E-state index < -0.39 is 10.0 Å². The molecule has 0 atom stereocenters. The zero-order valence-electron chi connectivity index (χ0n) is 12.8. The fraction of sp³-hybridized carbons (Fsp3) is 0.312. The van der Waals surface area contributed by atoms with Crippen LogP contribution in [0, 0.1) is 6.92 Å². The molecule has 4 nitrogen and oxygen atoms in total. The van der Waals surface area contributed by atoms with Crippen LogP contribution in [0.4, 0.5) is 0 Å². The van der Waals surface area contributed by atoms with Gasteiger partial charge in [0.15, 0.2) is 0 Å². The zero-order chi connectivity index (χ0) is 16.3. The van der Waals surface area contributed by atoms with Crippen LogP contribution in [-0.2, 0) is 16.6 Å². The minimum absolute atomic E-state index is 0.113. The van der Waals surface area contributed by atoms with E-state index in [0.717, 1.165) is 21.2 Å². The van der Waals surface area contributed by atoms with E-state index in [1.807, 2.05) is 32.9 Å². The third-order valence-corrected chi connectivity index (χ3v) is 5.70. The number of nitrogens with zero attached hydrogens (tertiary/aromatic N) is 1. The molecule has 22 heavy (non-hydrogen) atoms. The highest BCUT2D eigenvalue weighted by atomic mass is 79.9. The predicted molar refractivity (Wildman–Crippen MR) is 91.2 cm³/mol. The van der Waals surface area contributed by atoms with Crippen LogP contribution in [0.1, 0.15) is 36.5 Å². The molecule has 118 valence electrons. The number of aromatic nitrogens is 1. The zero-order valence-corrected chi connectivity index (χ0v) is 15.2. The number of pyridine rings is 1. The van der Waals surface area contributed by atoms with E-state index in [2.05, 4.69) is 25.6 Å². The summed E-state index contributed by atoms with van der Waals surface area (Å²) >= 11 is 3.47. The molecule has 6 heteroatoms. The van der Waals surface area contributed by atoms with Crippen molar-refractivity contribution in [3.8, 4) is 0 Å². The first-order valence-electron chi connectivity index (χ1n) is 7.00. The standard InChI is InChI=1S/C16H19BrN2O2S/c1-11(2)14-8-15(17)12(3)7-16(14)22(20,21)19-10-13-5-4-6-18-9-13/h4-9,11,19H,10H2,1-3H3. The van der Waals surface area contributed by atoms with Gasteiger partial charge in [0.05, 0.1) is 4.90 Å². The second-order valence-electron chi connectivity index (χ2n) is 5.48. The van der Waals surface area contributed by atoms with E-state index in [-0.39, 0.29) is 12.5 Å². The number of rotatable bonds is 5. The Labute approximate surface area is 140 Å². The first kappa shape index (κ1) is 17.1. The topological polar surface area (TPSA) is 59.1 Å². The smallest absolute Gasteiger partial charge is 0.241 e. The number of hydrogen-bond donors (Lipinski definition) is 1. The maximum absolute atomic E-state index is 12.6. The molecule has 1 heterocycles. The van der Waals surface area contributed by atoms with Crippen molar-refractivity contribution >= 4 is 26.0 Å². The lowest BCUT2D eigenvalue weighted by Gasteiger charge is -2.16. The number of halogens is 1. The highest BCUT2D eigenvalue weighted by molar-refractivity contribution is 9.10. The highest BCUT2D eigenvalue weighted by Crippen LogP contribution is 2.29. The van der Waals surface area contributed by atoms with E-state index in [9.17, 15) is 8.42 Å². The molecule has 0 bridgehead atoms. The summed E-state index contributed by atoms with van der Waals surface area (Å²) in [5.41, 5.74) is 2.52. The maximum Gasteiger partial charge on any atom is 0.241 e. The first-order chi connectivity index (χ1) is 10.3. The molecule has 0 amide bonds. The fourth-order valence-electron chi connectivity index (χ4n) is 2.11. The molecule has 0 saturated heterocycles. The summed E-state index contributed by atoms with van der Waals surface area (Å²) in [5, 5.41) is 0. The molecule has 0 aliphatic carbocycles. The van der Waals surface area contributed by atoms with E-state index in [4.69, 9.17) is 0 Å². The van der Waals surface area contributed by atoms with Gasteiger partial charge in [-0.05, 0) is 47.7 Å². The summed E-state index contributed by atoms with van der Waals surface area (Å²) in [6.45, 7) is 6.08. The van der Waals surface area contributed by atoms with Crippen molar-refractivity contribution in [2.24, 2.45) is 0 Å². The molecule has 0 saturated carbocycles. The SMILES string of the molecule is Cc1cc(S(=O)(=O)NCc2cccnc2)c(C(C)C)cc1Br. The van der Waals surface area contributed by atoms with Gasteiger partial charge >= 0.3 is 0 Å². The average Bonchev–Trinajstić information content (AvgIpc) is 2.48. The van der Waals surface area contributed by atoms with E-state index in [0.29, 0.717) is 4.90 Å². The Morgan fingerprint density at radius 3 is 2.64 bits per heavy atom. The molecule has 0 aliphatic rings. The van der Waals surface area contributed by atoms with Crippen molar-refractivity contribution in [1.29, 1.82) is 0 Å². The van der Waals surface area contributed by atoms with Crippen LogP contribution >= 0.6 is 15.9 Å². The van der Waals surface area contributed by atoms with Gasteiger partial charge in [0.1, 0.15) is 0 Å². The Bertz CT molecular complexity index is 759. The van der Waals surface area contributed by atoms with Crippen LogP contribution in [0.2, 0.25) is 0 Å². The van der Waals surface area contributed by atoms with Gasteiger partial charge < -0.3 is 0 Å². The molecular weight excluding hydrogens is 364 g/mol. The minimum Gasteiger partial charge on any atom is -0.264 e. The van der Waals surface area contributed by atoms with Crippen molar-refractivity contribution in [2.45, 2.75) is 38.1 Å². The molecule has 2 rings (SSSR count). The monoisotopic (exact) mass is 382 g/mol. The first-order valence-corrected chi connectivity index (χ1v) is 9.27. The van der Waals surface area contributed by atoms with Crippen molar-refractivity contribution in [3.63, 3.8) is 0 Å².